The Morgan fingerprint density at radius 1 is 1.20 bits per heavy atom. The Kier molecular flexibility index (Phi) is 5.43. The predicted molar refractivity (Wildman–Crippen MR) is 87.7 cm³/mol. The summed E-state index contributed by atoms with van der Waals surface area (Å²) in [7, 11) is 0. The maximum atomic E-state index is 12.8. The normalized spacial score (nSPS) is 11.5. The van der Waals surface area contributed by atoms with Crippen LogP contribution < -0.4 is 5.32 Å². The average molecular weight is 346 g/mol. The third-order valence-corrected chi connectivity index (χ3v) is 3.41. The fourth-order valence-corrected chi connectivity index (χ4v) is 1.99. The van der Waals surface area contributed by atoms with Gasteiger partial charge in [-0.15, -0.1) is 0 Å². The molecular weight excluding hydrogens is 331 g/mol. The summed E-state index contributed by atoms with van der Waals surface area (Å²) in [5.41, 5.74) is 0.514. The molecular formula is C17H15FN2O5. The minimum atomic E-state index is -1.14. The minimum absolute atomic E-state index is 0.0290. The monoisotopic (exact) mass is 346 g/mol. The largest absolute Gasteiger partial charge is 0.449 e. The first kappa shape index (κ1) is 18.1. The molecule has 2 aromatic carbocycles. The Labute approximate surface area is 142 Å². The van der Waals surface area contributed by atoms with Crippen LogP contribution in [0.15, 0.2) is 42.5 Å². The molecule has 0 bridgehead atoms. The maximum Gasteiger partial charge on any atom is 0.339 e. The third kappa shape index (κ3) is 4.60. The van der Waals surface area contributed by atoms with Crippen molar-refractivity contribution < 1.29 is 23.6 Å². The first-order valence-electron chi connectivity index (χ1n) is 7.30. The van der Waals surface area contributed by atoms with Crippen LogP contribution in [0.5, 0.6) is 0 Å². The summed E-state index contributed by atoms with van der Waals surface area (Å²) in [4.78, 5) is 34.4. The Morgan fingerprint density at radius 3 is 2.44 bits per heavy atom. The fourth-order valence-electron chi connectivity index (χ4n) is 1.99. The highest BCUT2D eigenvalue weighted by atomic mass is 19.1. The van der Waals surface area contributed by atoms with E-state index in [0.29, 0.717) is 11.3 Å². The number of rotatable bonds is 5. The number of amides is 1. The Morgan fingerprint density at radius 2 is 1.84 bits per heavy atom. The molecule has 0 fully saturated rings. The molecule has 2 aromatic rings. The minimum Gasteiger partial charge on any atom is -0.449 e. The number of benzene rings is 2. The van der Waals surface area contributed by atoms with Crippen molar-refractivity contribution in [2.75, 3.05) is 5.32 Å². The highest BCUT2D eigenvalue weighted by Gasteiger charge is 2.21. The number of nitrogens with one attached hydrogen (secondary N) is 1. The van der Waals surface area contributed by atoms with E-state index in [-0.39, 0.29) is 11.3 Å². The summed E-state index contributed by atoms with van der Waals surface area (Å²) in [6, 6.07) is 9.00. The molecule has 8 heteroatoms. The zero-order valence-corrected chi connectivity index (χ0v) is 13.5. The van der Waals surface area contributed by atoms with E-state index in [2.05, 4.69) is 5.32 Å². The number of nitro groups is 1. The van der Waals surface area contributed by atoms with Gasteiger partial charge in [-0.1, -0.05) is 6.07 Å². The summed E-state index contributed by atoms with van der Waals surface area (Å²) in [5.74, 6) is -1.91. The van der Waals surface area contributed by atoms with Gasteiger partial charge in [0.25, 0.3) is 11.6 Å². The number of ether oxygens (including phenoxy) is 1. The van der Waals surface area contributed by atoms with Gasteiger partial charge in [0.15, 0.2) is 6.10 Å². The predicted octanol–water partition coefficient (Wildman–Crippen LogP) is 3.23. The van der Waals surface area contributed by atoms with Crippen molar-refractivity contribution in [2.45, 2.75) is 20.0 Å². The molecule has 1 amide bonds. The van der Waals surface area contributed by atoms with Crippen LogP contribution in [0.4, 0.5) is 15.8 Å². The molecule has 0 aromatic heterocycles. The molecule has 0 aliphatic rings. The summed E-state index contributed by atoms with van der Waals surface area (Å²) < 4.78 is 17.9. The molecule has 0 saturated carbocycles. The van der Waals surface area contributed by atoms with Crippen LogP contribution in [0.3, 0.4) is 0 Å². The summed E-state index contributed by atoms with van der Waals surface area (Å²) in [6.45, 7) is 2.91. The molecule has 7 nitrogen and oxygen atoms in total. The molecule has 1 atom stereocenters. The van der Waals surface area contributed by atoms with E-state index in [9.17, 15) is 24.1 Å². The molecule has 1 N–H and O–H groups in total. The third-order valence-electron chi connectivity index (χ3n) is 3.41. The van der Waals surface area contributed by atoms with Gasteiger partial charge in [0.05, 0.1) is 10.5 Å². The number of aryl methyl sites for hydroxylation is 1. The summed E-state index contributed by atoms with van der Waals surface area (Å²) >= 11 is 0. The van der Waals surface area contributed by atoms with Gasteiger partial charge in [0.2, 0.25) is 0 Å². The number of hydrogen-bond donors (Lipinski definition) is 1. The van der Waals surface area contributed by atoms with Gasteiger partial charge in [-0.25, -0.2) is 9.18 Å². The molecule has 0 spiro atoms. The van der Waals surface area contributed by atoms with Gasteiger partial charge in [0, 0.05) is 17.3 Å². The van der Waals surface area contributed by atoms with Crippen LogP contribution in [-0.4, -0.2) is 22.9 Å². The average Bonchev–Trinajstić information content (AvgIpc) is 2.56. The van der Waals surface area contributed by atoms with Crippen molar-refractivity contribution in [3.05, 3.63) is 69.5 Å². The van der Waals surface area contributed by atoms with Crippen molar-refractivity contribution in [2.24, 2.45) is 0 Å². The Balaban J connectivity index is 2.04. The highest BCUT2D eigenvalue weighted by Crippen LogP contribution is 2.20. The second-order valence-corrected chi connectivity index (χ2v) is 5.30. The first-order valence-corrected chi connectivity index (χ1v) is 7.30. The molecule has 0 aliphatic heterocycles. The molecule has 0 saturated heterocycles. The number of nitrogens with zero attached hydrogens (tertiary/aromatic N) is 1. The van der Waals surface area contributed by atoms with Crippen molar-refractivity contribution in [1.82, 2.24) is 0 Å². The van der Waals surface area contributed by atoms with Gasteiger partial charge >= 0.3 is 5.97 Å². The first-order chi connectivity index (χ1) is 11.8. The second-order valence-electron chi connectivity index (χ2n) is 5.30. The maximum absolute atomic E-state index is 12.8. The van der Waals surface area contributed by atoms with E-state index in [1.165, 1.54) is 43.3 Å². The molecule has 2 rings (SSSR count). The number of hydrogen-bond acceptors (Lipinski definition) is 5. The van der Waals surface area contributed by atoms with E-state index in [1.54, 1.807) is 6.92 Å². The Hall–Kier alpha value is -3.29. The number of carbonyl (C=O) groups excluding carboxylic acids is 2. The van der Waals surface area contributed by atoms with Crippen molar-refractivity contribution in [3.8, 4) is 0 Å². The molecule has 0 aliphatic carbocycles. The molecule has 0 radical (unpaired) electrons. The van der Waals surface area contributed by atoms with Gasteiger partial charge in [-0.3, -0.25) is 14.9 Å². The highest BCUT2D eigenvalue weighted by molar-refractivity contribution is 5.97. The number of halogens is 1. The number of esters is 1. The molecule has 25 heavy (non-hydrogen) atoms. The van der Waals surface area contributed by atoms with E-state index >= 15 is 0 Å². The van der Waals surface area contributed by atoms with Gasteiger partial charge in [-0.2, -0.15) is 0 Å². The Bertz CT molecular complexity index is 820. The van der Waals surface area contributed by atoms with Crippen LogP contribution in [0, 0.1) is 22.9 Å². The van der Waals surface area contributed by atoms with Crippen LogP contribution in [0.2, 0.25) is 0 Å². The van der Waals surface area contributed by atoms with Crippen molar-refractivity contribution in [1.29, 1.82) is 0 Å². The van der Waals surface area contributed by atoms with Gasteiger partial charge in [-0.05, 0) is 44.2 Å². The number of nitro benzene ring substituents is 1. The van der Waals surface area contributed by atoms with Crippen molar-refractivity contribution >= 4 is 23.3 Å². The lowest BCUT2D eigenvalue weighted by atomic mass is 10.1. The SMILES string of the molecule is Cc1ccc(C(=O)O[C@@H](C)C(=O)Nc2ccc(F)cc2)cc1[N+](=O)[O-]. The van der Waals surface area contributed by atoms with Crippen LogP contribution in [0.1, 0.15) is 22.8 Å². The lowest BCUT2D eigenvalue weighted by molar-refractivity contribution is -0.385. The van der Waals surface area contributed by atoms with E-state index < -0.39 is 28.7 Å². The molecule has 0 heterocycles. The van der Waals surface area contributed by atoms with Crippen LogP contribution in [-0.2, 0) is 9.53 Å². The second kappa shape index (κ2) is 7.52. The van der Waals surface area contributed by atoms with E-state index in [4.69, 9.17) is 4.74 Å². The quantitative estimate of drug-likeness (QED) is 0.509. The smallest absolute Gasteiger partial charge is 0.339 e. The lowest BCUT2D eigenvalue weighted by Crippen LogP contribution is -2.30. The van der Waals surface area contributed by atoms with E-state index in [0.717, 1.165) is 6.07 Å². The summed E-state index contributed by atoms with van der Waals surface area (Å²) in [6.07, 6.45) is -1.14. The fraction of sp³-hybridized carbons (Fsp3) is 0.176. The van der Waals surface area contributed by atoms with E-state index in [1.807, 2.05) is 0 Å². The molecule has 130 valence electrons. The number of anilines is 1. The van der Waals surface area contributed by atoms with Crippen LogP contribution in [0.25, 0.3) is 0 Å². The van der Waals surface area contributed by atoms with Gasteiger partial charge in [0.1, 0.15) is 5.82 Å². The van der Waals surface area contributed by atoms with Crippen molar-refractivity contribution in [3.63, 3.8) is 0 Å². The zero-order chi connectivity index (χ0) is 18.6. The topological polar surface area (TPSA) is 98.5 Å². The lowest BCUT2D eigenvalue weighted by Gasteiger charge is -2.13. The van der Waals surface area contributed by atoms with Gasteiger partial charge < -0.3 is 10.1 Å². The number of carbonyl (C=O) groups is 2. The van der Waals surface area contributed by atoms with Crippen LogP contribution >= 0.6 is 0 Å². The summed E-state index contributed by atoms with van der Waals surface area (Å²) in [5, 5.41) is 13.4. The zero-order valence-electron chi connectivity index (χ0n) is 13.5. The standard InChI is InChI=1S/C17H15FN2O5/c1-10-3-4-12(9-15(10)20(23)24)17(22)25-11(2)16(21)19-14-7-5-13(18)6-8-14/h3-9,11H,1-2H3,(H,19,21)/t11-/m0/s1. The molecule has 0 unspecified atom stereocenters.